The number of carboxylic acids is 1. The molecule has 31 heavy (non-hydrogen) atoms. The number of nitrogens with zero attached hydrogens (tertiary/aromatic N) is 3. The van der Waals surface area contributed by atoms with Crippen LogP contribution in [-0.2, 0) is 18.3 Å². The molecule has 1 saturated carbocycles. The molecule has 3 aromatic rings. The van der Waals surface area contributed by atoms with Gasteiger partial charge in [-0.05, 0) is 71.9 Å². The lowest BCUT2D eigenvalue weighted by molar-refractivity contribution is -0.137. The van der Waals surface area contributed by atoms with Crippen molar-refractivity contribution in [3.63, 3.8) is 0 Å². The molecule has 5 heteroatoms. The van der Waals surface area contributed by atoms with Gasteiger partial charge in [0.25, 0.3) is 0 Å². The number of fused-ring (bicyclic) bond motifs is 1. The standard InChI is InChI=1S/C26H33N3O2/c1-5-18-12-20(11-8-17(18)3)22(15-25(30)31)21-13-23(19-9-6-16(2)7-10-19)26-24(14-21)27-28-29(26)4/h8,11-14,16,19,22H,5-7,9-10,15H2,1-4H3,(H,30,31). The molecule has 1 aromatic heterocycles. The van der Waals surface area contributed by atoms with Crippen LogP contribution in [0.2, 0.25) is 0 Å². The number of rotatable bonds is 6. The molecule has 5 nitrogen and oxygen atoms in total. The quantitative estimate of drug-likeness (QED) is 0.553. The Kier molecular flexibility index (Phi) is 6.12. The molecule has 0 amide bonds. The Morgan fingerprint density at radius 2 is 1.90 bits per heavy atom. The van der Waals surface area contributed by atoms with E-state index in [9.17, 15) is 9.90 Å². The number of hydrogen-bond donors (Lipinski definition) is 1. The first-order valence-corrected chi connectivity index (χ1v) is 11.5. The Balaban J connectivity index is 1.84. The molecular formula is C26H33N3O2. The second kappa shape index (κ2) is 8.81. The fourth-order valence-electron chi connectivity index (χ4n) is 5.23. The summed E-state index contributed by atoms with van der Waals surface area (Å²) >= 11 is 0. The van der Waals surface area contributed by atoms with Crippen molar-refractivity contribution in [2.24, 2.45) is 13.0 Å². The van der Waals surface area contributed by atoms with Crippen LogP contribution in [-0.4, -0.2) is 26.1 Å². The predicted molar refractivity (Wildman–Crippen MR) is 124 cm³/mol. The van der Waals surface area contributed by atoms with Crippen LogP contribution in [0.1, 0.15) is 85.6 Å². The van der Waals surface area contributed by atoms with Gasteiger partial charge in [-0.3, -0.25) is 4.79 Å². The van der Waals surface area contributed by atoms with E-state index in [1.165, 1.54) is 42.4 Å². The number of hydrogen-bond acceptors (Lipinski definition) is 3. The van der Waals surface area contributed by atoms with Gasteiger partial charge in [0.15, 0.2) is 0 Å². The van der Waals surface area contributed by atoms with E-state index in [4.69, 9.17) is 0 Å². The highest BCUT2D eigenvalue weighted by atomic mass is 16.4. The van der Waals surface area contributed by atoms with Crippen LogP contribution >= 0.6 is 0 Å². The van der Waals surface area contributed by atoms with E-state index in [1.807, 2.05) is 11.7 Å². The molecule has 1 atom stereocenters. The van der Waals surface area contributed by atoms with Crippen molar-refractivity contribution in [2.75, 3.05) is 0 Å². The predicted octanol–water partition coefficient (Wildman–Crippen LogP) is 5.74. The minimum absolute atomic E-state index is 0.0686. The summed E-state index contributed by atoms with van der Waals surface area (Å²) in [5, 5.41) is 18.4. The largest absolute Gasteiger partial charge is 0.481 e. The molecule has 1 unspecified atom stereocenters. The Bertz CT molecular complexity index is 1090. The SMILES string of the molecule is CCc1cc(C(CC(=O)O)c2cc(C3CCC(C)CC3)c3c(c2)nnn3C)ccc1C. The minimum Gasteiger partial charge on any atom is -0.481 e. The summed E-state index contributed by atoms with van der Waals surface area (Å²) in [6.07, 6.45) is 5.81. The van der Waals surface area contributed by atoms with Gasteiger partial charge in [0, 0.05) is 13.0 Å². The fourth-order valence-corrected chi connectivity index (χ4v) is 5.23. The summed E-state index contributed by atoms with van der Waals surface area (Å²) < 4.78 is 1.87. The second-order valence-corrected chi connectivity index (χ2v) is 9.34. The van der Waals surface area contributed by atoms with Gasteiger partial charge >= 0.3 is 5.97 Å². The smallest absolute Gasteiger partial charge is 0.304 e. The normalized spacial score (nSPS) is 20.1. The van der Waals surface area contributed by atoms with E-state index < -0.39 is 5.97 Å². The molecule has 0 saturated heterocycles. The van der Waals surface area contributed by atoms with E-state index in [0.29, 0.717) is 5.92 Å². The lowest BCUT2D eigenvalue weighted by atomic mass is 9.77. The third-order valence-electron chi connectivity index (χ3n) is 7.15. The molecular weight excluding hydrogens is 386 g/mol. The average molecular weight is 420 g/mol. The lowest BCUT2D eigenvalue weighted by Crippen LogP contribution is -2.14. The van der Waals surface area contributed by atoms with Gasteiger partial charge in [-0.2, -0.15) is 0 Å². The average Bonchev–Trinajstić information content (AvgIpc) is 3.13. The Hall–Kier alpha value is -2.69. The van der Waals surface area contributed by atoms with Crippen molar-refractivity contribution in [3.05, 3.63) is 58.1 Å². The Morgan fingerprint density at radius 3 is 2.58 bits per heavy atom. The monoisotopic (exact) mass is 419 g/mol. The maximum atomic E-state index is 11.8. The van der Waals surface area contributed by atoms with Gasteiger partial charge in [0.05, 0.1) is 11.9 Å². The van der Waals surface area contributed by atoms with Crippen molar-refractivity contribution < 1.29 is 9.90 Å². The first-order valence-electron chi connectivity index (χ1n) is 11.5. The molecule has 4 rings (SSSR count). The summed E-state index contributed by atoms with van der Waals surface area (Å²) in [7, 11) is 1.95. The van der Waals surface area contributed by atoms with E-state index in [0.717, 1.165) is 34.5 Å². The number of carbonyl (C=O) groups is 1. The fraction of sp³-hybridized carbons (Fsp3) is 0.500. The maximum Gasteiger partial charge on any atom is 0.304 e. The lowest BCUT2D eigenvalue weighted by Gasteiger charge is -2.28. The summed E-state index contributed by atoms with van der Waals surface area (Å²) in [5.74, 6) is 0.275. The van der Waals surface area contributed by atoms with Crippen molar-refractivity contribution >= 4 is 17.0 Å². The first kappa shape index (κ1) is 21.5. The van der Waals surface area contributed by atoms with E-state index >= 15 is 0 Å². The molecule has 1 heterocycles. The van der Waals surface area contributed by atoms with Crippen molar-refractivity contribution in [2.45, 2.75) is 71.1 Å². The number of benzene rings is 2. The van der Waals surface area contributed by atoms with Crippen LogP contribution in [0.15, 0.2) is 30.3 Å². The molecule has 2 aromatic carbocycles. The van der Waals surface area contributed by atoms with Gasteiger partial charge in [-0.25, -0.2) is 4.68 Å². The molecule has 1 aliphatic carbocycles. The van der Waals surface area contributed by atoms with Gasteiger partial charge in [0.1, 0.15) is 5.52 Å². The molecule has 1 N–H and O–H groups in total. The molecule has 0 bridgehead atoms. The first-order chi connectivity index (χ1) is 14.9. The van der Waals surface area contributed by atoms with E-state index in [-0.39, 0.29) is 12.3 Å². The van der Waals surface area contributed by atoms with Crippen LogP contribution in [0.5, 0.6) is 0 Å². The summed E-state index contributed by atoms with van der Waals surface area (Å²) in [4.78, 5) is 11.8. The molecule has 0 spiro atoms. The second-order valence-electron chi connectivity index (χ2n) is 9.34. The molecule has 164 valence electrons. The Morgan fingerprint density at radius 1 is 1.16 bits per heavy atom. The van der Waals surface area contributed by atoms with E-state index in [1.54, 1.807) is 0 Å². The zero-order chi connectivity index (χ0) is 22.1. The van der Waals surface area contributed by atoms with Gasteiger partial charge in [0.2, 0.25) is 0 Å². The van der Waals surface area contributed by atoms with Crippen molar-refractivity contribution in [1.82, 2.24) is 15.0 Å². The summed E-state index contributed by atoms with van der Waals surface area (Å²) in [6, 6.07) is 10.7. The van der Waals surface area contributed by atoms with Crippen LogP contribution in [0.4, 0.5) is 0 Å². The zero-order valence-electron chi connectivity index (χ0n) is 19.1. The summed E-state index contributed by atoms with van der Waals surface area (Å²) in [6.45, 7) is 6.59. The highest BCUT2D eigenvalue weighted by Crippen LogP contribution is 2.41. The van der Waals surface area contributed by atoms with Gasteiger partial charge in [-0.15, -0.1) is 5.10 Å². The topological polar surface area (TPSA) is 68.0 Å². The number of aromatic nitrogens is 3. The van der Waals surface area contributed by atoms with Crippen LogP contribution in [0.25, 0.3) is 11.0 Å². The third-order valence-corrected chi connectivity index (χ3v) is 7.15. The van der Waals surface area contributed by atoms with Crippen LogP contribution < -0.4 is 0 Å². The Labute approximate surface area is 184 Å². The summed E-state index contributed by atoms with van der Waals surface area (Å²) in [5.41, 5.74) is 7.87. The molecule has 1 aliphatic rings. The van der Waals surface area contributed by atoms with Crippen molar-refractivity contribution in [3.8, 4) is 0 Å². The minimum atomic E-state index is -0.782. The van der Waals surface area contributed by atoms with Crippen LogP contribution in [0.3, 0.4) is 0 Å². The van der Waals surface area contributed by atoms with Crippen molar-refractivity contribution in [1.29, 1.82) is 0 Å². The highest BCUT2D eigenvalue weighted by Gasteiger charge is 2.26. The van der Waals surface area contributed by atoms with Gasteiger partial charge in [-0.1, -0.05) is 56.2 Å². The van der Waals surface area contributed by atoms with E-state index in [2.05, 4.69) is 61.4 Å². The number of aryl methyl sites for hydroxylation is 3. The molecule has 0 aliphatic heterocycles. The third kappa shape index (κ3) is 4.36. The highest BCUT2D eigenvalue weighted by molar-refractivity contribution is 5.80. The number of aliphatic carboxylic acids is 1. The molecule has 1 fully saturated rings. The van der Waals surface area contributed by atoms with Crippen LogP contribution in [0, 0.1) is 12.8 Å². The zero-order valence-corrected chi connectivity index (χ0v) is 19.1. The molecule has 0 radical (unpaired) electrons. The maximum absolute atomic E-state index is 11.8. The van der Waals surface area contributed by atoms with Gasteiger partial charge < -0.3 is 5.11 Å². The number of carboxylic acid groups (broad SMARTS) is 1.